The van der Waals surface area contributed by atoms with Crippen molar-refractivity contribution in [2.45, 2.75) is 134 Å². The molecule has 0 aromatic carbocycles. The van der Waals surface area contributed by atoms with Gasteiger partial charge in [0.05, 0.1) is 6.04 Å². The van der Waals surface area contributed by atoms with Gasteiger partial charge in [0.1, 0.15) is 6.04 Å². The third-order valence-electron chi connectivity index (χ3n) is 9.58. The fraction of sp³-hybridized carbons (Fsp3) is 0.931. The van der Waals surface area contributed by atoms with Crippen molar-refractivity contribution in [3.63, 3.8) is 0 Å². The Labute approximate surface area is 239 Å². The number of carbonyl (C=O) groups excluding carboxylic acids is 2. The van der Waals surface area contributed by atoms with E-state index in [9.17, 15) is 11.0 Å². The zero-order valence-corrected chi connectivity index (χ0v) is 24.6. The van der Waals surface area contributed by atoms with Crippen LogP contribution in [-0.4, -0.2) is 59.4 Å². The van der Waals surface area contributed by atoms with Crippen molar-refractivity contribution in [1.29, 1.82) is 0 Å². The largest absolute Gasteiger partial charge is 0.368 e. The molecule has 3 saturated carbocycles. The molecule has 4 fully saturated rings. The van der Waals surface area contributed by atoms with Crippen LogP contribution in [0, 0.1) is 17.7 Å². The third kappa shape index (κ3) is 9.54. The van der Waals surface area contributed by atoms with Gasteiger partial charge in [-0.1, -0.05) is 51.4 Å². The maximum Gasteiger partial charge on any atom is 0.240 e. The van der Waals surface area contributed by atoms with Crippen LogP contribution in [0.25, 0.3) is 0 Å². The maximum atomic E-state index is 14.2. The Kier molecular flexibility index (Phi) is 13.8. The fourth-order valence-electron chi connectivity index (χ4n) is 7.32. The van der Waals surface area contributed by atoms with Gasteiger partial charge < -0.3 is 16.4 Å². The molecular weight excluding hydrogens is 507 g/mol. The quantitative estimate of drug-likeness (QED) is 0.371. The molecule has 2 amide bonds. The third-order valence-corrected chi connectivity index (χ3v) is 9.58. The van der Waals surface area contributed by atoms with E-state index in [-0.39, 0.29) is 48.7 Å². The lowest BCUT2D eigenvalue weighted by atomic mass is 9.81. The molecule has 2 atom stereocenters. The Balaban J connectivity index is 0.00000253. The topological polar surface area (TPSA) is 92.7 Å². The molecule has 0 spiro atoms. The summed E-state index contributed by atoms with van der Waals surface area (Å²) < 4.78 is 9.34. The summed E-state index contributed by atoms with van der Waals surface area (Å²) in [6.07, 6.45) is 19.5. The second kappa shape index (κ2) is 16.5. The Morgan fingerprint density at radius 2 is 1.43 bits per heavy atom. The van der Waals surface area contributed by atoms with E-state index in [0.717, 1.165) is 57.5 Å². The van der Waals surface area contributed by atoms with Crippen molar-refractivity contribution in [3.8, 4) is 0 Å². The molecule has 0 aromatic heterocycles. The average molecular weight is 563 g/mol. The van der Waals surface area contributed by atoms with Gasteiger partial charge in [-0.3, -0.25) is 14.5 Å². The molecule has 1 saturated heterocycles. The van der Waals surface area contributed by atoms with Crippen LogP contribution in [0.1, 0.15) is 117 Å². The second-order valence-corrected chi connectivity index (χ2v) is 12.2. The van der Waals surface area contributed by atoms with E-state index in [1.165, 1.54) is 64.2 Å². The Morgan fingerprint density at radius 1 is 0.838 bits per heavy atom. The lowest BCUT2D eigenvalue weighted by Gasteiger charge is -2.40. The highest BCUT2D eigenvalue weighted by Crippen LogP contribution is 2.33. The molecule has 1 aliphatic heterocycles. The first-order chi connectivity index (χ1) is 17.3. The summed E-state index contributed by atoms with van der Waals surface area (Å²) in [5.41, 5.74) is 11.9. The molecule has 4 aliphatic rings. The number of carbonyl (C=O) groups is 2. The van der Waals surface area contributed by atoms with Crippen LogP contribution >= 0.6 is 24.8 Å². The van der Waals surface area contributed by atoms with E-state index in [1.807, 2.05) is 0 Å². The Morgan fingerprint density at radius 3 is 2.03 bits per heavy atom. The van der Waals surface area contributed by atoms with E-state index in [1.54, 1.807) is 4.90 Å². The number of nitrogens with two attached hydrogens (primary N) is 2. The zero-order chi connectivity index (χ0) is 25.5. The number of rotatable bonds is 10. The summed E-state index contributed by atoms with van der Waals surface area (Å²) in [5, 5.41) is 0. The van der Waals surface area contributed by atoms with Gasteiger partial charge in [0, 0.05) is 20.5 Å². The Bertz CT molecular complexity index is 725. The molecule has 0 radical (unpaired) electrons. The molecule has 8 heteroatoms. The van der Waals surface area contributed by atoms with Gasteiger partial charge in [-0.25, -0.2) is 0 Å². The summed E-state index contributed by atoms with van der Waals surface area (Å²) in [4.78, 5) is 30.7. The summed E-state index contributed by atoms with van der Waals surface area (Å²) in [7, 11) is 0. The molecule has 4 N–H and O–H groups in total. The molecule has 0 aromatic rings. The number of halogens is 2. The fourth-order valence-corrected chi connectivity index (χ4v) is 7.32. The SMILES string of the molecule is Cl.Cl.[2H]C1(C[C@@H](C(=O)N2CCC[C@H]2C(N)=O)N(CCC2CCCCC2)CC2CCCCC2)CCC(N)CC1. The minimum Gasteiger partial charge on any atom is -0.368 e. The highest BCUT2D eigenvalue weighted by Gasteiger charge is 2.40. The lowest BCUT2D eigenvalue weighted by Crippen LogP contribution is -2.54. The number of nitrogens with zero attached hydrogens (tertiary/aromatic N) is 2. The van der Waals surface area contributed by atoms with Crippen molar-refractivity contribution >= 4 is 36.6 Å². The van der Waals surface area contributed by atoms with E-state index < -0.39 is 11.9 Å². The van der Waals surface area contributed by atoms with Crippen LogP contribution in [-0.2, 0) is 9.59 Å². The zero-order valence-electron chi connectivity index (χ0n) is 23.9. The molecule has 6 nitrogen and oxygen atoms in total. The molecule has 3 aliphatic carbocycles. The maximum absolute atomic E-state index is 14.2. The number of likely N-dealkylation sites (tertiary alicyclic amines) is 1. The van der Waals surface area contributed by atoms with E-state index >= 15 is 0 Å². The second-order valence-electron chi connectivity index (χ2n) is 12.2. The average Bonchev–Trinajstić information content (AvgIpc) is 3.39. The first-order valence-electron chi connectivity index (χ1n) is 15.4. The predicted molar refractivity (Wildman–Crippen MR) is 156 cm³/mol. The van der Waals surface area contributed by atoms with E-state index in [2.05, 4.69) is 4.90 Å². The van der Waals surface area contributed by atoms with Crippen molar-refractivity contribution in [1.82, 2.24) is 9.80 Å². The summed E-state index contributed by atoms with van der Waals surface area (Å²) >= 11 is 0. The molecule has 1 heterocycles. The van der Waals surface area contributed by atoms with Gasteiger partial charge in [-0.15, -0.1) is 24.8 Å². The van der Waals surface area contributed by atoms with Crippen molar-refractivity contribution in [3.05, 3.63) is 0 Å². The first-order valence-corrected chi connectivity index (χ1v) is 14.9. The lowest BCUT2D eigenvalue weighted by molar-refractivity contribution is -0.143. The molecule has 216 valence electrons. The smallest absolute Gasteiger partial charge is 0.240 e. The van der Waals surface area contributed by atoms with Crippen LogP contribution in [0.2, 0.25) is 0 Å². The Hall–Kier alpha value is -0.560. The van der Waals surface area contributed by atoms with Gasteiger partial charge in [-0.05, 0) is 88.5 Å². The van der Waals surface area contributed by atoms with Gasteiger partial charge >= 0.3 is 0 Å². The number of hydrogen-bond acceptors (Lipinski definition) is 4. The summed E-state index contributed by atoms with van der Waals surface area (Å²) in [6, 6.07) is -0.640. The van der Waals surface area contributed by atoms with Crippen molar-refractivity contribution < 1.29 is 11.0 Å². The van der Waals surface area contributed by atoms with Crippen LogP contribution in [0.15, 0.2) is 0 Å². The van der Waals surface area contributed by atoms with Gasteiger partial charge in [0.2, 0.25) is 11.8 Å². The highest BCUT2D eigenvalue weighted by atomic mass is 35.5. The number of amides is 2. The van der Waals surface area contributed by atoms with Gasteiger partial charge in [0.15, 0.2) is 0 Å². The molecule has 4 rings (SSSR count). The van der Waals surface area contributed by atoms with Crippen molar-refractivity contribution in [2.75, 3.05) is 19.6 Å². The minimum absolute atomic E-state index is 0. The summed E-state index contributed by atoms with van der Waals surface area (Å²) in [5.74, 6) is 0.439. The van der Waals surface area contributed by atoms with Gasteiger partial charge in [-0.2, -0.15) is 0 Å². The first kappa shape index (κ1) is 31.0. The molecular formula is C29H54Cl2N4O2. The van der Waals surface area contributed by atoms with Crippen LogP contribution < -0.4 is 11.5 Å². The normalized spacial score (nSPS) is 30.8. The molecule has 37 heavy (non-hydrogen) atoms. The number of primary amides is 1. The van der Waals surface area contributed by atoms with Crippen molar-refractivity contribution in [2.24, 2.45) is 29.2 Å². The van der Waals surface area contributed by atoms with Crippen LogP contribution in [0.5, 0.6) is 0 Å². The van der Waals surface area contributed by atoms with E-state index in [4.69, 9.17) is 11.5 Å². The molecule has 0 unspecified atom stereocenters. The van der Waals surface area contributed by atoms with Crippen LogP contribution in [0.3, 0.4) is 0 Å². The molecule has 0 bridgehead atoms. The minimum atomic E-state index is -0.617. The van der Waals surface area contributed by atoms with Gasteiger partial charge in [0.25, 0.3) is 0 Å². The summed E-state index contributed by atoms with van der Waals surface area (Å²) in [6.45, 7) is 2.49. The monoisotopic (exact) mass is 561 g/mol. The van der Waals surface area contributed by atoms with Crippen LogP contribution in [0.4, 0.5) is 0 Å². The predicted octanol–water partition coefficient (Wildman–Crippen LogP) is 5.44. The highest BCUT2D eigenvalue weighted by molar-refractivity contribution is 5.89. The number of hydrogen-bond donors (Lipinski definition) is 2. The van der Waals surface area contributed by atoms with E-state index in [0.29, 0.717) is 25.3 Å². The standard InChI is InChI=1S/C29H52N4O2.2ClH/c30-25-15-13-23(14-16-25)20-27(29(35)33-18-7-12-26(33)28(31)34)32(21-24-10-5-2-6-11-24)19-17-22-8-3-1-4-9-22;;/h22-27H,1-21,30H2,(H2,31,34);2*1H/t23?,25?,26-,27-;;/m0../s1/i23D;;.